The summed E-state index contributed by atoms with van der Waals surface area (Å²) in [6, 6.07) is 20.2. The molecule has 1 heterocycles. The van der Waals surface area contributed by atoms with Gasteiger partial charge in [-0.15, -0.1) is 0 Å². The van der Waals surface area contributed by atoms with Crippen molar-refractivity contribution in [2.45, 2.75) is 25.7 Å². The van der Waals surface area contributed by atoms with Crippen molar-refractivity contribution >= 4 is 35.0 Å². The number of fused-ring (bicyclic) bond motifs is 1. The van der Waals surface area contributed by atoms with Gasteiger partial charge in [0.25, 0.3) is 11.8 Å². The maximum atomic E-state index is 12.4. The zero-order valence-electron chi connectivity index (χ0n) is 17.5. The fourth-order valence-corrected chi connectivity index (χ4v) is 4.46. The number of rotatable bonds is 9. The molecule has 0 unspecified atom stereocenters. The second-order valence-corrected chi connectivity index (χ2v) is 8.51. The van der Waals surface area contributed by atoms with Gasteiger partial charge in [-0.2, -0.15) is 0 Å². The van der Waals surface area contributed by atoms with Crippen LogP contribution in [0.2, 0.25) is 10.0 Å². The molecule has 2 amide bonds. The highest BCUT2D eigenvalue weighted by molar-refractivity contribution is 6.39. The molecule has 0 atom stereocenters. The van der Waals surface area contributed by atoms with Crippen LogP contribution in [-0.2, 0) is 0 Å². The lowest BCUT2D eigenvalue weighted by molar-refractivity contribution is 0.0651. The van der Waals surface area contributed by atoms with E-state index in [-0.39, 0.29) is 11.8 Å². The quantitative estimate of drug-likeness (QED) is 0.254. The summed E-state index contributed by atoms with van der Waals surface area (Å²) in [6.45, 7) is 1.07. The summed E-state index contributed by atoms with van der Waals surface area (Å²) >= 11 is 12.5. The number of hydrogen-bond acceptors (Lipinski definition) is 3. The van der Waals surface area contributed by atoms with Crippen LogP contribution in [0.5, 0.6) is 5.75 Å². The van der Waals surface area contributed by atoms with Crippen molar-refractivity contribution in [1.82, 2.24) is 4.90 Å². The van der Waals surface area contributed by atoms with E-state index >= 15 is 0 Å². The van der Waals surface area contributed by atoms with Gasteiger partial charge in [-0.1, -0.05) is 66.4 Å². The molecule has 1 aliphatic rings. The van der Waals surface area contributed by atoms with E-state index in [2.05, 4.69) is 0 Å². The van der Waals surface area contributed by atoms with Crippen molar-refractivity contribution in [3.8, 4) is 16.9 Å². The van der Waals surface area contributed by atoms with Crippen molar-refractivity contribution < 1.29 is 14.3 Å². The highest BCUT2D eigenvalue weighted by Crippen LogP contribution is 2.35. The Morgan fingerprint density at radius 2 is 1.28 bits per heavy atom. The second-order valence-electron chi connectivity index (χ2n) is 7.69. The maximum Gasteiger partial charge on any atom is 0.261 e. The zero-order valence-corrected chi connectivity index (χ0v) is 19.0. The normalized spacial score (nSPS) is 12.9. The van der Waals surface area contributed by atoms with Crippen molar-refractivity contribution in [1.29, 1.82) is 0 Å². The number of ether oxygens (including phenoxy) is 1. The minimum absolute atomic E-state index is 0.185. The van der Waals surface area contributed by atoms with Gasteiger partial charge < -0.3 is 4.74 Å². The first-order chi connectivity index (χ1) is 15.6. The van der Waals surface area contributed by atoms with Crippen LogP contribution in [0.3, 0.4) is 0 Å². The van der Waals surface area contributed by atoms with E-state index < -0.39 is 0 Å². The summed E-state index contributed by atoms with van der Waals surface area (Å²) in [5, 5.41) is 1.24. The first kappa shape index (κ1) is 22.4. The number of nitrogens with zero attached hydrogens (tertiary/aromatic N) is 1. The fourth-order valence-electron chi connectivity index (χ4n) is 3.85. The van der Waals surface area contributed by atoms with Crippen molar-refractivity contribution in [3.05, 3.63) is 87.9 Å². The van der Waals surface area contributed by atoms with E-state index in [1.807, 2.05) is 42.5 Å². The van der Waals surface area contributed by atoms with E-state index in [1.54, 1.807) is 24.3 Å². The third kappa shape index (κ3) is 4.82. The largest absolute Gasteiger partial charge is 0.494 e. The third-order valence-corrected chi connectivity index (χ3v) is 6.16. The van der Waals surface area contributed by atoms with Crippen LogP contribution in [0, 0.1) is 0 Å². The van der Waals surface area contributed by atoms with Gasteiger partial charge in [0, 0.05) is 22.2 Å². The van der Waals surface area contributed by atoms with Gasteiger partial charge in [0.05, 0.1) is 17.7 Å². The Kier molecular flexibility index (Phi) is 7.13. The smallest absolute Gasteiger partial charge is 0.261 e. The summed E-state index contributed by atoms with van der Waals surface area (Å²) in [5.41, 5.74) is 2.78. The predicted octanol–water partition coefficient (Wildman–Crippen LogP) is 6.90. The van der Waals surface area contributed by atoms with Crippen LogP contribution in [0.25, 0.3) is 11.1 Å². The molecule has 164 valence electrons. The van der Waals surface area contributed by atoms with E-state index in [1.165, 1.54) is 4.90 Å². The molecule has 32 heavy (non-hydrogen) atoms. The van der Waals surface area contributed by atoms with Gasteiger partial charge >= 0.3 is 0 Å². The maximum absolute atomic E-state index is 12.4. The van der Waals surface area contributed by atoms with Crippen LogP contribution < -0.4 is 4.74 Å². The molecule has 0 saturated heterocycles. The Bertz CT molecular complexity index is 1070. The third-order valence-electron chi connectivity index (χ3n) is 5.53. The zero-order chi connectivity index (χ0) is 22.5. The molecule has 0 spiro atoms. The van der Waals surface area contributed by atoms with E-state index in [9.17, 15) is 9.59 Å². The van der Waals surface area contributed by atoms with Gasteiger partial charge in [0.2, 0.25) is 0 Å². The molecule has 0 aliphatic carbocycles. The summed E-state index contributed by atoms with van der Waals surface area (Å²) in [5.74, 6) is 0.425. The molecular formula is C26H23Cl2NO3. The van der Waals surface area contributed by atoms with Crippen molar-refractivity contribution in [2.24, 2.45) is 0 Å². The van der Waals surface area contributed by atoms with Gasteiger partial charge in [0.1, 0.15) is 5.75 Å². The molecule has 4 rings (SSSR count). The number of benzene rings is 3. The Morgan fingerprint density at radius 3 is 1.91 bits per heavy atom. The molecule has 0 saturated carbocycles. The van der Waals surface area contributed by atoms with Gasteiger partial charge in [-0.25, -0.2) is 0 Å². The number of halogens is 2. The first-order valence-electron chi connectivity index (χ1n) is 10.7. The average Bonchev–Trinajstić information content (AvgIpc) is 3.04. The lowest BCUT2D eigenvalue weighted by Crippen LogP contribution is -2.30. The summed E-state index contributed by atoms with van der Waals surface area (Å²) in [6.07, 6.45) is 3.59. The molecule has 0 bridgehead atoms. The number of imide groups is 1. The highest BCUT2D eigenvalue weighted by atomic mass is 35.5. The topological polar surface area (TPSA) is 46.6 Å². The van der Waals surface area contributed by atoms with Crippen LogP contribution in [-0.4, -0.2) is 29.9 Å². The van der Waals surface area contributed by atoms with Crippen molar-refractivity contribution in [3.63, 3.8) is 0 Å². The molecule has 4 nitrogen and oxygen atoms in total. The number of carbonyl (C=O) groups is 2. The van der Waals surface area contributed by atoms with Crippen molar-refractivity contribution in [2.75, 3.05) is 13.2 Å². The molecule has 0 aromatic heterocycles. The standard InChI is InChI=1S/C26H23Cl2NO3/c27-22-10-7-11-23(28)24(22)18-12-14-19(15-13-18)32-17-6-2-1-5-16-29-25(30)20-8-3-4-9-21(20)26(29)31/h3-4,7-15H,1-2,5-6,16-17H2. The van der Waals surface area contributed by atoms with E-state index in [0.29, 0.717) is 34.3 Å². The van der Waals surface area contributed by atoms with E-state index in [0.717, 1.165) is 42.6 Å². The van der Waals surface area contributed by atoms with Crippen LogP contribution >= 0.6 is 23.2 Å². The summed E-state index contributed by atoms with van der Waals surface area (Å²) in [7, 11) is 0. The monoisotopic (exact) mass is 467 g/mol. The van der Waals surface area contributed by atoms with Gasteiger partial charge in [-0.3, -0.25) is 14.5 Å². The molecule has 0 fully saturated rings. The number of carbonyl (C=O) groups excluding carboxylic acids is 2. The molecule has 3 aromatic carbocycles. The van der Waals surface area contributed by atoms with Crippen LogP contribution in [0.4, 0.5) is 0 Å². The Hall–Kier alpha value is -2.82. The molecule has 1 aliphatic heterocycles. The summed E-state index contributed by atoms with van der Waals surface area (Å²) < 4.78 is 5.83. The number of hydrogen-bond donors (Lipinski definition) is 0. The Morgan fingerprint density at radius 1 is 0.688 bits per heavy atom. The van der Waals surface area contributed by atoms with Gasteiger partial charge in [-0.05, 0) is 54.8 Å². The average molecular weight is 468 g/mol. The number of amides is 2. The Labute approximate surface area is 197 Å². The lowest BCUT2D eigenvalue weighted by atomic mass is 10.1. The molecule has 0 N–H and O–H groups in total. The Balaban J connectivity index is 1.17. The minimum atomic E-state index is -0.185. The fraction of sp³-hybridized carbons (Fsp3) is 0.231. The SMILES string of the molecule is O=C1c2ccccc2C(=O)N1CCCCCCOc1ccc(-c2c(Cl)cccc2Cl)cc1. The lowest BCUT2D eigenvalue weighted by Gasteiger charge is -2.13. The van der Waals surface area contributed by atoms with Crippen LogP contribution in [0.1, 0.15) is 46.4 Å². The summed E-state index contributed by atoms with van der Waals surface area (Å²) in [4.78, 5) is 26.1. The minimum Gasteiger partial charge on any atom is -0.494 e. The van der Waals surface area contributed by atoms with E-state index in [4.69, 9.17) is 27.9 Å². The van der Waals surface area contributed by atoms with Crippen LogP contribution in [0.15, 0.2) is 66.7 Å². The van der Waals surface area contributed by atoms with Gasteiger partial charge in [0.15, 0.2) is 0 Å². The number of unbranched alkanes of at least 4 members (excludes halogenated alkanes) is 3. The first-order valence-corrected chi connectivity index (χ1v) is 11.4. The molecule has 3 aromatic rings. The highest BCUT2D eigenvalue weighted by Gasteiger charge is 2.34. The molecule has 6 heteroatoms. The predicted molar refractivity (Wildman–Crippen MR) is 128 cm³/mol. The second kappa shape index (κ2) is 10.2. The molecular weight excluding hydrogens is 445 g/mol. The molecule has 0 radical (unpaired) electrons.